The zero-order chi connectivity index (χ0) is 48.9. The minimum Gasteiger partial charge on any atom is -0.459 e. The van der Waals surface area contributed by atoms with E-state index in [9.17, 15) is 24.0 Å². The number of nitrogens with zero attached hydrogens (tertiary/aromatic N) is 4. The van der Waals surface area contributed by atoms with E-state index in [1.165, 1.54) is 0 Å². The molecule has 0 saturated carbocycles. The van der Waals surface area contributed by atoms with Gasteiger partial charge in [-0.2, -0.15) is 0 Å². The molecule has 1 heterocycles. The second kappa shape index (κ2) is 31.7. The summed E-state index contributed by atoms with van der Waals surface area (Å²) < 4.78 is 49.7. The van der Waals surface area contributed by atoms with Crippen LogP contribution in [0.3, 0.4) is 0 Å². The van der Waals surface area contributed by atoms with Crippen molar-refractivity contribution in [2.24, 2.45) is 0 Å². The molecule has 0 aromatic heterocycles. The average molecular weight is 935 g/mol. The number of hydrogen-bond donors (Lipinski definition) is 2. The molecule has 1 aliphatic heterocycles. The summed E-state index contributed by atoms with van der Waals surface area (Å²) in [5, 5.41) is 5.55. The van der Waals surface area contributed by atoms with Crippen molar-refractivity contribution in [1.82, 2.24) is 30.2 Å². The van der Waals surface area contributed by atoms with Crippen LogP contribution in [0.25, 0.3) is 0 Å². The summed E-state index contributed by atoms with van der Waals surface area (Å²) in [7, 11) is 0. The Morgan fingerprint density at radius 2 is 0.600 bits per heavy atom. The zero-order valence-corrected chi connectivity index (χ0v) is 42.0. The molecule has 1 fully saturated rings. The highest BCUT2D eigenvalue weighted by molar-refractivity contribution is 5.78. The molecule has 0 atom stereocenters. The van der Waals surface area contributed by atoms with Crippen LogP contribution in [0.5, 0.6) is 0 Å². The van der Waals surface area contributed by atoms with Crippen molar-refractivity contribution in [3.63, 3.8) is 0 Å². The summed E-state index contributed by atoms with van der Waals surface area (Å²) in [5.41, 5.74) is -2.49. The predicted molar refractivity (Wildman–Crippen MR) is 245 cm³/mol. The Bertz CT molecular complexity index is 1320. The van der Waals surface area contributed by atoms with E-state index in [0.717, 1.165) is 0 Å². The third-order valence-electron chi connectivity index (χ3n) is 8.59. The van der Waals surface area contributed by atoms with E-state index >= 15 is 0 Å². The lowest BCUT2D eigenvalue weighted by Crippen LogP contribution is -2.50. The third-order valence-corrected chi connectivity index (χ3v) is 8.59. The molecule has 0 radical (unpaired) electrons. The van der Waals surface area contributed by atoms with Gasteiger partial charge in [0.1, 0.15) is 22.4 Å². The van der Waals surface area contributed by atoms with Crippen LogP contribution in [-0.4, -0.2) is 230 Å². The fourth-order valence-corrected chi connectivity index (χ4v) is 5.92. The highest BCUT2D eigenvalue weighted by Crippen LogP contribution is 2.12. The Labute approximate surface area is 389 Å². The molecule has 2 N–H and O–H groups in total. The van der Waals surface area contributed by atoms with Crippen molar-refractivity contribution in [2.45, 2.75) is 105 Å². The van der Waals surface area contributed by atoms with E-state index in [-0.39, 0.29) is 50.0 Å². The molecule has 380 valence electrons. The third kappa shape index (κ3) is 37.6. The van der Waals surface area contributed by atoms with Crippen molar-refractivity contribution in [1.29, 1.82) is 0 Å². The van der Waals surface area contributed by atoms with Gasteiger partial charge in [-0.15, -0.1) is 0 Å². The Kier molecular flexibility index (Phi) is 29.2. The Hall–Kier alpha value is -3.21. The molecule has 65 heavy (non-hydrogen) atoms. The lowest BCUT2D eigenvalue weighted by Gasteiger charge is -2.34. The smallest absolute Gasteiger partial charge is 0.407 e. The van der Waals surface area contributed by atoms with Gasteiger partial charge in [-0.05, 0) is 83.1 Å². The molecule has 2 amide bonds. The topological polar surface area (TPSA) is 205 Å². The van der Waals surface area contributed by atoms with Crippen LogP contribution in [0.1, 0.15) is 83.1 Å². The van der Waals surface area contributed by atoms with Crippen molar-refractivity contribution in [3.8, 4) is 0 Å². The summed E-state index contributed by atoms with van der Waals surface area (Å²) in [6.07, 6.45) is -0.475. The quantitative estimate of drug-likeness (QED) is 0.0723. The molecule has 0 aromatic rings. The van der Waals surface area contributed by atoms with E-state index in [1.54, 1.807) is 20.8 Å². The normalized spacial score (nSPS) is 15.9. The van der Waals surface area contributed by atoms with Crippen LogP contribution in [0.4, 0.5) is 4.79 Å². The Morgan fingerprint density at radius 3 is 0.877 bits per heavy atom. The van der Waals surface area contributed by atoms with E-state index in [4.69, 9.17) is 42.6 Å². The van der Waals surface area contributed by atoms with Crippen molar-refractivity contribution in [3.05, 3.63) is 0 Å². The fraction of sp³-hybridized carbons (Fsp3) is 0.889. The van der Waals surface area contributed by atoms with Crippen molar-refractivity contribution >= 4 is 29.9 Å². The summed E-state index contributed by atoms with van der Waals surface area (Å²) in [4.78, 5) is 71.6. The minimum atomic E-state index is -0.651. The van der Waals surface area contributed by atoms with Gasteiger partial charge in [0.2, 0.25) is 5.91 Å². The Morgan fingerprint density at radius 1 is 0.354 bits per heavy atom. The first-order valence-electron chi connectivity index (χ1n) is 23.0. The van der Waals surface area contributed by atoms with Gasteiger partial charge < -0.3 is 53.3 Å². The summed E-state index contributed by atoms with van der Waals surface area (Å²) >= 11 is 0. The number of amides is 2. The average Bonchev–Trinajstić information content (AvgIpc) is 3.13. The van der Waals surface area contributed by atoms with E-state index < -0.39 is 28.5 Å². The second-order valence-corrected chi connectivity index (χ2v) is 19.7. The van der Waals surface area contributed by atoms with Crippen LogP contribution in [0, 0.1) is 0 Å². The van der Waals surface area contributed by atoms with E-state index in [1.807, 2.05) is 81.9 Å². The van der Waals surface area contributed by atoms with Gasteiger partial charge in [0, 0.05) is 65.4 Å². The first-order chi connectivity index (χ1) is 30.3. The first-order valence-corrected chi connectivity index (χ1v) is 23.0. The molecule has 20 heteroatoms. The van der Waals surface area contributed by atoms with Gasteiger partial charge in [-0.25, -0.2) is 4.79 Å². The number of nitrogens with one attached hydrogen (secondary N) is 2. The maximum absolute atomic E-state index is 13.2. The lowest BCUT2D eigenvalue weighted by atomic mass is 10.2. The molecule has 1 rings (SSSR count). The second-order valence-electron chi connectivity index (χ2n) is 19.7. The predicted octanol–water partition coefficient (Wildman–Crippen LogP) is 1.96. The minimum absolute atomic E-state index is 0.0445. The van der Waals surface area contributed by atoms with E-state index in [2.05, 4.69) is 10.6 Å². The SMILES string of the molecule is CC(C)(C)OC(=O)CN1CCN(CC(=O)NCCOCCOCCOCCOCCOCCNC(=O)OC(C)(C)C)CCN(CC(=O)OC(C)(C)C)CCN(CC(=O)OC(C)(C)C)CC1. The number of hydrogen-bond acceptors (Lipinski definition) is 18. The highest BCUT2D eigenvalue weighted by atomic mass is 16.6. The summed E-state index contributed by atoms with van der Waals surface area (Å²) in [6, 6.07) is 0. The maximum atomic E-state index is 13.2. The molecule has 0 aliphatic carbocycles. The number of ether oxygens (including phenoxy) is 9. The molecule has 0 aromatic carbocycles. The summed E-state index contributed by atoms with van der Waals surface area (Å²) in [5.74, 6) is -1.26. The molecule has 0 unspecified atom stereocenters. The maximum Gasteiger partial charge on any atom is 0.407 e. The van der Waals surface area contributed by atoms with E-state index in [0.29, 0.717) is 132 Å². The first kappa shape index (κ1) is 59.8. The number of esters is 3. The van der Waals surface area contributed by atoms with Gasteiger partial charge >= 0.3 is 24.0 Å². The van der Waals surface area contributed by atoms with Gasteiger partial charge in [0.15, 0.2) is 0 Å². The largest absolute Gasteiger partial charge is 0.459 e. The molecular formula is C45H86N6O14. The van der Waals surface area contributed by atoms with Crippen LogP contribution >= 0.6 is 0 Å². The van der Waals surface area contributed by atoms with Crippen LogP contribution in [-0.2, 0) is 61.8 Å². The van der Waals surface area contributed by atoms with Gasteiger partial charge in [-0.3, -0.25) is 38.8 Å². The molecule has 1 aliphatic rings. The summed E-state index contributed by atoms with van der Waals surface area (Å²) in [6.45, 7) is 30.2. The molecule has 0 bridgehead atoms. The van der Waals surface area contributed by atoms with Crippen LogP contribution in [0.15, 0.2) is 0 Å². The number of rotatable bonds is 26. The van der Waals surface area contributed by atoms with Crippen molar-refractivity contribution in [2.75, 3.05) is 158 Å². The molecular weight excluding hydrogens is 849 g/mol. The zero-order valence-electron chi connectivity index (χ0n) is 42.0. The van der Waals surface area contributed by atoms with Crippen molar-refractivity contribution < 1.29 is 66.6 Å². The highest BCUT2D eigenvalue weighted by Gasteiger charge is 2.26. The van der Waals surface area contributed by atoms with Gasteiger partial charge in [0.25, 0.3) is 0 Å². The Balaban J connectivity index is 2.56. The number of carbonyl (C=O) groups is 5. The number of carbonyl (C=O) groups excluding carboxylic acids is 5. The molecule has 0 spiro atoms. The molecule has 1 saturated heterocycles. The van der Waals surface area contributed by atoms with Gasteiger partial charge in [0.05, 0.1) is 92.2 Å². The molecule has 20 nitrogen and oxygen atoms in total. The lowest BCUT2D eigenvalue weighted by molar-refractivity contribution is -0.158. The van der Waals surface area contributed by atoms with Crippen LogP contribution in [0.2, 0.25) is 0 Å². The number of alkyl carbamates (subject to hydrolysis) is 1. The van der Waals surface area contributed by atoms with Gasteiger partial charge in [-0.1, -0.05) is 0 Å². The standard InChI is InChI=1S/C45H86N6O14/c1-42(2,3)62-38(53)34-49-17-15-48(16-18-50(35-39(54)63-43(4,5)6)20-22-51(21-19-49)36-40(55)64-44(7,8)9)33-37(52)46-13-23-57-25-27-59-29-31-61-32-30-60-28-26-58-24-14-47-41(56)65-45(10,11)12/h13-36H2,1-12H3,(H,46,52)(H,47,56). The monoisotopic (exact) mass is 935 g/mol. The fourth-order valence-electron chi connectivity index (χ4n) is 5.92. The van der Waals surface area contributed by atoms with Crippen LogP contribution < -0.4 is 10.6 Å².